The summed E-state index contributed by atoms with van der Waals surface area (Å²) in [5, 5.41) is 3.75. The molecule has 2 nitrogen and oxygen atoms in total. The Morgan fingerprint density at radius 1 is 1.06 bits per heavy atom. The molecule has 1 N–H and O–H groups in total. The Morgan fingerprint density at radius 3 is 2.67 bits per heavy atom. The lowest BCUT2D eigenvalue weighted by Gasteiger charge is -2.44. The zero-order valence-corrected chi connectivity index (χ0v) is 12.0. The number of likely N-dealkylation sites (tertiary alicyclic amines) is 1. The summed E-state index contributed by atoms with van der Waals surface area (Å²) >= 11 is 0. The van der Waals surface area contributed by atoms with Gasteiger partial charge in [-0.3, -0.25) is 4.90 Å². The van der Waals surface area contributed by atoms with Crippen molar-refractivity contribution in [3.8, 4) is 0 Å². The number of hydrogen-bond acceptors (Lipinski definition) is 2. The van der Waals surface area contributed by atoms with Gasteiger partial charge in [0.1, 0.15) is 0 Å². The van der Waals surface area contributed by atoms with E-state index in [9.17, 15) is 0 Å². The summed E-state index contributed by atoms with van der Waals surface area (Å²) in [6.45, 7) is 6.23. The molecule has 0 amide bonds. The summed E-state index contributed by atoms with van der Waals surface area (Å²) in [6, 6.07) is 1.70. The van der Waals surface area contributed by atoms with Crippen molar-refractivity contribution in [2.24, 2.45) is 11.8 Å². The highest BCUT2D eigenvalue weighted by Gasteiger charge is 2.33. The highest BCUT2D eigenvalue weighted by Crippen LogP contribution is 2.35. The number of rotatable bonds is 5. The third kappa shape index (κ3) is 3.08. The van der Waals surface area contributed by atoms with Gasteiger partial charge in [0.25, 0.3) is 0 Å². The predicted molar refractivity (Wildman–Crippen MR) is 76.7 cm³/mol. The average molecular weight is 250 g/mol. The number of nitrogens with zero attached hydrogens (tertiary/aromatic N) is 1. The molecule has 1 aliphatic heterocycles. The largest absolute Gasteiger partial charge is 0.313 e. The minimum Gasteiger partial charge on any atom is -0.313 e. The van der Waals surface area contributed by atoms with Crippen molar-refractivity contribution >= 4 is 0 Å². The standard InChI is InChI=1S/C16H30N2/c1-13(14-8-9-14)17-10-12-18-11-4-6-15-5-2-3-7-16(15)18/h13-17H,2-12H2,1H3. The Kier molecular flexibility index (Phi) is 4.25. The molecule has 2 heteroatoms. The summed E-state index contributed by atoms with van der Waals surface area (Å²) in [4.78, 5) is 2.81. The van der Waals surface area contributed by atoms with Crippen molar-refractivity contribution in [2.75, 3.05) is 19.6 Å². The van der Waals surface area contributed by atoms with Gasteiger partial charge in [-0.25, -0.2) is 0 Å². The van der Waals surface area contributed by atoms with Crippen LogP contribution in [0.5, 0.6) is 0 Å². The smallest absolute Gasteiger partial charge is 0.0124 e. The van der Waals surface area contributed by atoms with E-state index in [1.807, 2.05) is 0 Å². The topological polar surface area (TPSA) is 15.3 Å². The third-order valence-corrected chi connectivity index (χ3v) is 5.55. The zero-order valence-electron chi connectivity index (χ0n) is 12.0. The molecule has 3 atom stereocenters. The van der Waals surface area contributed by atoms with Gasteiger partial charge in [-0.1, -0.05) is 12.8 Å². The molecule has 0 spiro atoms. The molecule has 0 aromatic rings. The molecule has 0 aromatic carbocycles. The second-order valence-corrected chi connectivity index (χ2v) is 6.87. The monoisotopic (exact) mass is 250 g/mol. The van der Waals surface area contributed by atoms with E-state index in [2.05, 4.69) is 17.1 Å². The first kappa shape index (κ1) is 12.9. The maximum atomic E-state index is 3.75. The molecule has 2 saturated carbocycles. The predicted octanol–water partition coefficient (Wildman–Crippen LogP) is 3.03. The van der Waals surface area contributed by atoms with Crippen LogP contribution in [0.2, 0.25) is 0 Å². The van der Waals surface area contributed by atoms with Crippen molar-refractivity contribution in [1.29, 1.82) is 0 Å². The fourth-order valence-electron chi connectivity index (χ4n) is 4.20. The molecule has 18 heavy (non-hydrogen) atoms. The number of nitrogens with one attached hydrogen (secondary N) is 1. The van der Waals surface area contributed by atoms with E-state index in [0.29, 0.717) is 0 Å². The van der Waals surface area contributed by atoms with Gasteiger partial charge in [0.15, 0.2) is 0 Å². The van der Waals surface area contributed by atoms with Crippen molar-refractivity contribution < 1.29 is 0 Å². The van der Waals surface area contributed by atoms with Crippen LogP contribution in [-0.4, -0.2) is 36.6 Å². The maximum Gasteiger partial charge on any atom is 0.0124 e. The van der Waals surface area contributed by atoms with Crippen LogP contribution >= 0.6 is 0 Å². The first-order valence-electron chi connectivity index (χ1n) is 8.32. The first-order chi connectivity index (χ1) is 8.84. The highest BCUT2D eigenvalue weighted by molar-refractivity contribution is 4.88. The van der Waals surface area contributed by atoms with Crippen molar-refractivity contribution in [1.82, 2.24) is 10.2 Å². The summed E-state index contributed by atoms with van der Waals surface area (Å²) in [6.07, 6.45) is 11.8. The number of piperidine rings is 1. The van der Waals surface area contributed by atoms with Crippen LogP contribution in [0.4, 0.5) is 0 Å². The first-order valence-corrected chi connectivity index (χ1v) is 8.32. The van der Waals surface area contributed by atoms with E-state index in [1.54, 1.807) is 0 Å². The minimum atomic E-state index is 0.761. The Labute approximate surface area is 113 Å². The second kappa shape index (κ2) is 5.92. The quantitative estimate of drug-likeness (QED) is 0.807. The lowest BCUT2D eigenvalue weighted by atomic mass is 9.78. The number of hydrogen-bond donors (Lipinski definition) is 1. The molecule has 3 rings (SSSR count). The molecule has 0 bridgehead atoms. The molecule has 3 fully saturated rings. The Balaban J connectivity index is 1.42. The van der Waals surface area contributed by atoms with Gasteiger partial charge < -0.3 is 5.32 Å². The van der Waals surface area contributed by atoms with Gasteiger partial charge >= 0.3 is 0 Å². The highest BCUT2D eigenvalue weighted by atomic mass is 15.2. The Hall–Kier alpha value is -0.0800. The molecular formula is C16H30N2. The fraction of sp³-hybridized carbons (Fsp3) is 1.00. The maximum absolute atomic E-state index is 3.75. The van der Waals surface area contributed by atoms with Gasteiger partial charge in [-0.15, -0.1) is 0 Å². The van der Waals surface area contributed by atoms with E-state index in [-0.39, 0.29) is 0 Å². The van der Waals surface area contributed by atoms with Crippen LogP contribution in [-0.2, 0) is 0 Å². The minimum absolute atomic E-state index is 0.761. The molecule has 2 aliphatic carbocycles. The third-order valence-electron chi connectivity index (χ3n) is 5.55. The van der Waals surface area contributed by atoms with E-state index >= 15 is 0 Å². The van der Waals surface area contributed by atoms with Crippen LogP contribution in [0.25, 0.3) is 0 Å². The average Bonchev–Trinajstić information content (AvgIpc) is 3.23. The molecular weight excluding hydrogens is 220 g/mol. The van der Waals surface area contributed by atoms with Crippen LogP contribution in [0.3, 0.4) is 0 Å². The zero-order chi connectivity index (χ0) is 12.4. The number of fused-ring (bicyclic) bond motifs is 1. The van der Waals surface area contributed by atoms with E-state index < -0.39 is 0 Å². The van der Waals surface area contributed by atoms with Gasteiger partial charge in [0.2, 0.25) is 0 Å². The molecule has 0 aromatic heterocycles. The van der Waals surface area contributed by atoms with Crippen molar-refractivity contribution in [3.63, 3.8) is 0 Å². The Morgan fingerprint density at radius 2 is 1.83 bits per heavy atom. The van der Waals surface area contributed by atoms with Crippen molar-refractivity contribution in [2.45, 2.75) is 70.4 Å². The summed E-state index contributed by atoms with van der Waals surface area (Å²) < 4.78 is 0. The van der Waals surface area contributed by atoms with Gasteiger partial charge in [0, 0.05) is 25.2 Å². The molecule has 3 unspecified atom stereocenters. The van der Waals surface area contributed by atoms with Gasteiger partial charge in [0.05, 0.1) is 0 Å². The van der Waals surface area contributed by atoms with Crippen LogP contribution in [0.1, 0.15) is 58.3 Å². The SMILES string of the molecule is CC(NCCN1CCCC2CCCCC21)C1CC1. The molecule has 3 aliphatic rings. The van der Waals surface area contributed by atoms with Crippen molar-refractivity contribution in [3.05, 3.63) is 0 Å². The fourth-order valence-corrected chi connectivity index (χ4v) is 4.20. The lowest BCUT2D eigenvalue weighted by Crippen LogP contribution is -2.49. The molecule has 1 heterocycles. The molecule has 104 valence electrons. The van der Waals surface area contributed by atoms with Crippen LogP contribution < -0.4 is 5.32 Å². The van der Waals surface area contributed by atoms with Crippen LogP contribution in [0.15, 0.2) is 0 Å². The summed E-state index contributed by atoms with van der Waals surface area (Å²) in [5.74, 6) is 2.03. The van der Waals surface area contributed by atoms with E-state index in [1.165, 1.54) is 71.0 Å². The van der Waals surface area contributed by atoms with E-state index in [0.717, 1.165) is 23.9 Å². The van der Waals surface area contributed by atoms with Crippen LogP contribution in [0, 0.1) is 11.8 Å². The summed E-state index contributed by atoms with van der Waals surface area (Å²) in [5.41, 5.74) is 0. The van der Waals surface area contributed by atoms with Gasteiger partial charge in [-0.05, 0) is 63.8 Å². The lowest BCUT2D eigenvalue weighted by molar-refractivity contribution is 0.0612. The molecule has 0 radical (unpaired) electrons. The normalized spacial score (nSPS) is 35.2. The summed E-state index contributed by atoms with van der Waals surface area (Å²) in [7, 11) is 0. The molecule has 1 saturated heterocycles. The van der Waals surface area contributed by atoms with E-state index in [4.69, 9.17) is 0 Å². The Bertz CT molecular complexity index is 260. The second-order valence-electron chi connectivity index (χ2n) is 6.87. The van der Waals surface area contributed by atoms with Gasteiger partial charge in [-0.2, -0.15) is 0 Å².